The van der Waals surface area contributed by atoms with Crippen LogP contribution in [0.1, 0.15) is 44.9 Å². The van der Waals surface area contributed by atoms with Crippen LogP contribution in [0, 0.1) is 5.92 Å². The summed E-state index contributed by atoms with van der Waals surface area (Å²) in [4.78, 5) is 56.9. The number of hydrogen-bond acceptors (Lipinski definition) is 5. The molecule has 166 valence electrons. The molecule has 3 heterocycles. The summed E-state index contributed by atoms with van der Waals surface area (Å²) in [7, 11) is 0. The lowest BCUT2D eigenvalue weighted by Gasteiger charge is -2.31. The fraction of sp³-hybridized carbons (Fsp3) is 0.571. The van der Waals surface area contributed by atoms with E-state index >= 15 is 0 Å². The summed E-state index contributed by atoms with van der Waals surface area (Å²) in [5.74, 6) is -0.181. The van der Waals surface area contributed by atoms with Gasteiger partial charge in [-0.1, -0.05) is 24.4 Å². The highest BCUT2D eigenvalue weighted by molar-refractivity contribution is 6.30. The van der Waals surface area contributed by atoms with Crippen LogP contribution in [-0.4, -0.2) is 63.7 Å². The first-order valence-electron chi connectivity index (χ1n) is 10.7. The molecule has 1 aromatic heterocycles. The number of aromatic nitrogens is 1. The Kier molecular flexibility index (Phi) is 6.13. The minimum atomic E-state index is -0.745. The van der Waals surface area contributed by atoms with Crippen LogP contribution >= 0.6 is 11.6 Å². The molecule has 0 radical (unpaired) electrons. The van der Waals surface area contributed by atoms with Crippen LogP contribution in [0.3, 0.4) is 0 Å². The zero-order valence-corrected chi connectivity index (χ0v) is 18.0. The van der Waals surface area contributed by atoms with Gasteiger partial charge in [0.15, 0.2) is 0 Å². The van der Waals surface area contributed by atoms with Crippen LogP contribution in [0.4, 0.5) is 10.6 Å². The SMILES string of the molecule is O=C(Nc1ccc(Cl)cn1)C1CCN(C(=O)CCN2C(=O)NC3(CCCC3)C2=O)CC1. The summed E-state index contributed by atoms with van der Waals surface area (Å²) in [6.45, 7) is 1.03. The summed E-state index contributed by atoms with van der Waals surface area (Å²) >= 11 is 5.80. The molecule has 2 saturated heterocycles. The van der Waals surface area contributed by atoms with Crippen LogP contribution in [0.15, 0.2) is 18.3 Å². The Morgan fingerprint density at radius 2 is 1.90 bits per heavy atom. The average Bonchev–Trinajstić information content (AvgIpc) is 3.33. The second-order valence-electron chi connectivity index (χ2n) is 8.43. The molecule has 10 heteroatoms. The summed E-state index contributed by atoms with van der Waals surface area (Å²) < 4.78 is 0. The predicted molar refractivity (Wildman–Crippen MR) is 113 cm³/mol. The van der Waals surface area contributed by atoms with Crippen molar-refractivity contribution < 1.29 is 19.2 Å². The molecule has 2 aliphatic heterocycles. The van der Waals surface area contributed by atoms with Gasteiger partial charge >= 0.3 is 6.03 Å². The second kappa shape index (κ2) is 8.82. The quantitative estimate of drug-likeness (QED) is 0.672. The minimum absolute atomic E-state index is 0.0912. The van der Waals surface area contributed by atoms with E-state index in [9.17, 15) is 19.2 Å². The molecule has 1 saturated carbocycles. The summed E-state index contributed by atoms with van der Waals surface area (Å²) in [5.41, 5.74) is -0.745. The van der Waals surface area contributed by atoms with Gasteiger partial charge in [0.05, 0.1) is 5.02 Å². The highest BCUT2D eigenvalue weighted by Gasteiger charge is 2.52. The van der Waals surface area contributed by atoms with Crippen molar-refractivity contribution in [2.45, 2.75) is 50.5 Å². The van der Waals surface area contributed by atoms with Crippen molar-refractivity contribution in [3.8, 4) is 0 Å². The largest absolute Gasteiger partial charge is 0.343 e. The van der Waals surface area contributed by atoms with Crippen LogP contribution in [0.2, 0.25) is 5.02 Å². The number of likely N-dealkylation sites (tertiary alicyclic amines) is 1. The minimum Gasteiger partial charge on any atom is -0.343 e. The Bertz CT molecular complexity index is 876. The van der Waals surface area contributed by atoms with E-state index in [2.05, 4.69) is 15.6 Å². The molecule has 1 aliphatic carbocycles. The smallest absolute Gasteiger partial charge is 0.325 e. The van der Waals surface area contributed by atoms with Crippen molar-refractivity contribution in [3.05, 3.63) is 23.4 Å². The molecule has 31 heavy (non-hydrogen) atoms. The third-order valence-corrected chi connectivity index (χ3v) is 6.67. The Balaban J connectivity index is 1.23. The van der Waals surface area contributed by atoms with Crippen LogP contribution in [-0.2, 0) is 14.4 Å². The van der Waals surface area contributed by atoms with E-state index in [-0.39, 0.29) is 36.6 Å². The van der Waals surface area contributed by atoms with Gasteiger partial charge in [0.2, 0.25) is 11.8 Å². The second-order valence-corrected chi connectivity index (χ2v) is 8.87. The number of carbonyl (C=O) groups excluding carboxylic acids is 4. The molecular formula is C21H26ClN5O4. The first kappa shape index (κ1) is 21.5. The topological polar surface area (TPSA) is 112 Å². The molecule has 0 atom stereocenters. The molecule has 3 aliphatic rings. The zero-order valence-electron chi connectivity index (χ0n) is 17.2. The van der Waals surface area contributed by atoms with E-state index in [1.54, 1.807) is 17.0 Å². The van der Waals surface area contributed by atoms with Crippen LogP contribution in [0.25, 0.3) is 0 Å². The lowest BCUT2D eigenvalue weighted by atomic mass is 9.95. The molecule has 2 N–H and O–H groups in total. The third kappa shape index (κ3) is 4.51. The van der Waals surface area contributed by atoms with Gasteiger partial charge in [0.25, 0.3) is 5.91 Å². The highest BCUT2D eigenvalue weighted by Crippen LogP contribution is 2.35. The molecular weight excluding hydrogens is 422 g/mol. The molecule has 1 spiro atoms. The lowest BCUT2D eigenvalue weighted by molar-refractivity contribution is -0.136. The molecule has 3 fully saturated rings. The van der Waals surface area contributed by atoms with Crippen molar-refractivity contribution in [1.29, 1.82) is 0 Å². The molecule has 5 amide bonds. The summed E-state index contributed by atoms with van der Waals surface area (Å²) in [6.07, 6.45) is 5.87. The summed E-state index contributed by atoms with van der Waals surface area (Å²) in [5, 5.41) is 6.10. The normalized spacial score (nSPS) is 20.9. The number of piperidine rings is 1. The number of rotatable bonds is 5. The van der Waals surface area contributed by atoms with Crippen molar-refractivity contribution in [1.82, 2.24) is 20.1 Å². The molecule has 4 rings (SSSR count). The number of nitrogens with one attached hydrogen (secondary N) is 2. The Labute approximate surface area is 185 Å². The monoisotopic (exact) mass is 447 g/mol. The number of carbonyl (C=O) groups is 4. The van der Waals surface area contributed by atoms with E-state index in [1.807, 2.05) is 0 Å². The highest BCUT2D eigenvalue weighted by atomic mass is 35.5. The van der Waals surface area contributed by atoms with Gasteiger partial charge in [-0.3, -0.25) is 19.3 Å². The predicted octanol–water partition coefficient (Wildman–Crippen LogP) is 2.17. The average molecular weight is 448 g/mol. The number of pyridine rings is 1. The maximum absolute atomic E-state index is 12.7. The summed E-state index contributed by atoms with van der Waals surface area (Å²) in [6, 6.07) is 2.90. The molecule has 9 nitrogen and oxygen atoms in total. The number of hydrogen-bond donors (Lipinski definition) is 2. The standard InChI is InChI=1S/C21H26ClN5O4/c22-15-3-4-16(23-13-15)24-18(29)14-5-10-26(11-6-14)17(28)7-12-27-19(30)21(25-20(27)31)8-1-2-9-21/h3-4,13-14H,1-2,5-12H2,(H,25,31)(H,23,24,29). The van der Waals surface area contributed by atoms with Crippen LogP contribution < -0.4 is 10.6 Å². The van der Waals surface area contributed by atoms with Crippen molar-refractivity contribution in [3.63, 3.8) is 0 Å². The first-order valence-corrected chi connectivity index (χ1v) is 11.1. The Hall–Kier alpha value is -2.68. The van der Waals surface area contributed by atoms with E-state index in [0.717, 1.165) is 12.8 Å². The van der Waals surface area contributed by atoms with E-state index in [4.69, 9.17) is 11.6 Å². The Morgan fingerprint density at radius 3 is 2.55 bits per heavy atom. The van der Waals surface area contributed by atoms with Gasteiger partial charge in [0.1, 0.15) is 11.4 Å². The van der Waals surface area contributed by atoms with Crippen LogP contribution in [0.5, 0.6) is 0 Å². The van der Waals surface area contributed by atoms with Crippen molar-refractivity contribution in [2.75, 3.05) is 25.0 Å². The number of nitrogens with zero attached hydrogens (tertiary/aromatic N) is 3. The number of urea groups is 1. The van der Waals surface area contributed by atoms with Gasteiger partial charge in [-0.25, -0.2) is 9.78 Å². The fourth-order valence-corrected chi connectivity index (χ4v) is 4.74. The van der Waals surface area contributed by atoms with Crippen molar-refractivity contribution in [2.24, 2.45) is 5.92 Å². The maximum atomic E-state index is 12.7. The van der Waals surface area contributed by atoms with Crippen molar-refractivity contribution >= 4 is 41.2 Å². The number of anilines is 1. The Morgan fingerprint density at radius 1 is 1.19 bits per heavy atom. The number of imide groups is 1. The molecule has 1 aromatic rings. The van der Waals surface area contributed by atoms with Gasteiger partial charge in [0, 0.05) is 38.2 Å². The fourth-order valence-electron chi connectivity index (χ4n) is 4.63. The number of amides is 5. The first-order chi connectivity index (χ1) is 14.9. The molecule has 0 aromatic carbocycles. The van der Waals surface area contributed by atoms with Gasteiger partial charge in [-0.05, 0) is 37.8 Å². The van der Waals surface area contributed by atoms with Gasteiger partial charge in [-0.2, -0.15) is 0 Å². The molecule has 0 unspecified atom stereocenters. The zero-order chi connectivity index (χ0) is 22.0. The lowest BCUT2D eigenvalue weighted by Crippen LogP contribution is -2.45. The molecule has 0 bridgehead atoms. The van der Waals surface area contributed by atoms with Gasteiger partial charge < -0.3 is 15.5 Å². The van der Waals surface area contributed by atoms with Gasteiger partial charge in [-0.15, -0.1) is 0 Å². The van der Waals surface area contributed by atoms with E-state index < -0.39 is 11.6 Å². The third-order valence-electron chi connectivity index (χ3n) is 6.45. The van der Waals surface area contributed by atoms with E-state index in [1.165, 1.54) is 11.1 Å². The maximum Gasteiger partial charge on any atom is 0.325 e. The van der Waals surface area contributed by atoms with E-state index in [0.29, 0.717) is 49.6 Å². The number of halogens is 1.